The molecule has 1 nitrogen and oxygen atoms in total. The van der Waals surface area contributed by atoms with E-state index in [1.165, 1.54) is 36.8 Å². The summed E-state index contributed by atoms with van der Waals surface area (Å²) < 4.78 is 0. The van der Waals surface area contributed by atoms with E-state index in [2.05, 4.69) is 43.4 Å². The van der Waals surface area contributed by atoms with Crippen LogP contribution in [0, 0.1) is 24.7 Å². The van der Waals surface area contributed by atoms with Gasteiger partial charge in [-0.1, -0.05) is 36.2 Å². The normalized spacial score (nSPS) is 31.8. The van der Waals surface area contributed by atoms with Crippen LogP contribution in [0.5, 0.6) is 0 Å². The van der Waals surface area contributed by atoms with Crippen molar-refractivity contribution in [3.63, 3.8) is 0 Å². The van der Waals surface area contributed by atoms with Gasteiger partial charge in [-0.2, -0.15) is 0 Å². The molecule has 1 aromatic rings. The van der Waals surface area contributed by atoms with Gasteiger partial charge in [-0.05, 0) is 56.4 Å². The predicted molar refractivity (Wildman–Crippen MR) is 76.4 cm³/mol. The highest BCUT2D eigenvalue weighted by atomic mass is 14.9. The summed E-state index contributed by atoms with van der Waals surface area (Å²) in [5.74, 6) is 3.02. The van der Waals surface area contributed by atoms with Gasteiger partial charge in [0.25, 0.3) is 0 Å². The lowest BCUT2D eigenvalue weighted by molar-refractivity contribution is 0.259. The number of benzene rings is 1. The number of hydrogen-bond donors (Lipinski definition) is 1. The average molecular weight is 243 g/mol. The van der Waals surface area contributed by atoms with Crippen molar-refractivity contribution < 1.29 is 0 Å². The van der Waals surface area contributed by atoms with Gasteiger partial charge in [-0.15, -0.1) is 0 Å². The van der Waals surface area contributed by atoms with E-state index in [0.717, 1.165) is 24.3 Å². The second-order valence-electron chi connectivity index (χ2n) is 6.49. The predicted octanol–water partition coefficient (Wildman–Crippen LogP) is 3.91. The molecule has 2 saturated carbocycles. The van der Waals surface area contributed by atoms with Gasteiger partial charge in [0, 0.05) is 12.6 Å². The summed E-state index contributed by atoms with van der Waals surface area (Å²) in [7, 11) is 0. The minimum Gasteiger partial charge on any atom is -0.310 e. The maximum Gasteiger partial charge on any atom is 0.0208 e. The number of hydrogen-bond acceptors (Lipinski definition) is 1. The van der Waals surface area contributed by atoms with Crippen molar-refractivity contribution in [2.45, 2.75) is 52.1 Å². The zero-order valence-electron chi connectivity index (χ0n) is 11.7. The van der Waals surface area contributed by atoms with Crippen LogP contribution in [0.25, 0.3) is 0 Å². The van der Waals surface area contributed by atoms with Gasteiger partial charge in [0.1, 0.15) is 0 Å². The van der Waals surface area contributed by atoms with E-state index in [1.807, 2.05) is 0 Å². The largest absolute Gasteiger partial charge is 0.310 e. The molecule has 2 fully saturated rings. The fourth-order valence-corrected chi connectivity index (χ4v) is 4.04. The van der Waals surface area contributed by atoms with Crippen LogP contribution >= 0.6 is 0 Å². The molecule has 1 heteroatoms. The summed E-state index contributed by atoms with van der Waals surface area (Å²) in [4.78, 5) is 0. The lowest BCUT2D eigenvalue weighted by Crippen LogP contribution is -2.35. The van der Waals surface area contributed by atoms with E-state index in [1.54, 1.807) is 0 Å². The van der Waals surface area contributed by atoms with Crippen molar-refractivity contribution in [1.82, 2.24) is 5.32 Å². The Labute approximate surface area is 111 Å². The summed E-state index contributed by atoms with van der Waals surface area (Å²) in [6.45, 7) is 5.56. The van der Waals surface area contributed by atoms with Gasteiger partial charge >= 0.3 is 0 Å². The van der Waals surface area contributed by atoms with Crippen LogP contribution in [0.1, 0.15) is 43.7 Å². The Kier molecular flexibility index (Phi) is 3.43. The Balaban J connectivity index is 1.52. The first-order valence-corrected chi connectivity index (χ1v) is 7.51. The third kappa shape index (κ3) is 2.47. The van der Waals surface area contributed by atoms with E-state index in [0.29, 0.717) is 6.04 Å². The smallest absolute Gasteiger partial charge is 0.0208 e. The Morgan fingerprint density at radius 3 is 2.56 bits per heavy atom. The van der Waals surface area contributed by atoms with Crippen molar-refractivity contribution in [2.24, 2.45) is 17.8 Å². The second kappa shape index (κ2) is 5.05. The van der Waals surface area contributed by atoms with Gasteiger partial charge in [0.2, 0.25) is 0 Å². The molecule has 2 bridgehead atoms. The highest BCUT2D eigenvalue weighted by Crippen LogP contribution is 2.49. The molecule has 4 unspecified atom stereocenters. The molecule has 2 aliphatic carbocycles. The summed E-state index contributed by atoms with van der Waals surface area (Å²) >= 11 is 0. The second-order valence-corrected chi connectivity index (χ2v) is 6.49. The van der Waals surface area contributed by atoms with Gasteiger partial charge < -0.3 is 5.32 Å². The molecule has 1 N–H and O–H groups in total. The molecule has 98 valence electrons. The first-order valence-electron chi connectivity index (χ1n) is 7.51. The zero-order chi connectivity index (χ0) is 12.5. The van der Waals surface area contributed by atoms with Crippen LogP contribution in [-0.4, -0.2) is 6.04 Å². The molecular weight excluding hydrogens is 218 g/mol. The SMILES string of the molecule is Cc1ccc(CNC(C)C2CC3CCC2C3)cc1. The van der Waals surface area contributed by atoms with Crippen LogP contribution in [0.3, 0.4) is 0 Å². The Morgan fingerprint density at radius 2 is 1.94 bits per heavy atom. The summed E-state index contributed by atoms with van der Waals surface area (Å²) in [6, 6.07) is 9.59. The molecule has 0 heterocycles. The molecule has 0 aromatic heterocycles. The molecule has 0 spiro atoms. The van der Waals surface area contributed by atoms with Gasteiger partial charge in [-0.3, -0.25) is 0 Å². The van der Waals surface area contributed by atoms with Gasteiger partial charge in [0.15, 0.2) is 0 Å². The Morgan fingerprint density at radius 1 is 1.17 bits per heavy atom. The summed E-state index contributed by atoms with van der Waals surface area (Å²) in [6.07, 6.45) is 5.99. The van der Waals surface area contributed by atoms with E-state index in [9.17, 15) is 0 Å². The van der Waals surface area contributed by atoms with Crippen molar-refractivity contribution in [3.8, 4) is 0 Å². The van der Waals surface area contributed by atoms with Crippen LogP contribution in [0.2, 0.25) is 0 Å². The molecule has 3 rings (SSSR count). The minimum absolute atomic E-state index is 0.682. The molecular formula is C17H25N. The Hall–Kier alpha value is -0.820. The van der Waals surface area contributed by atoms with Crippen molar-refractivity contribution in [1.29, 1.82) is 0 Å². The van der Waals surface area contributed by atoms with Crippen LogP contribution in [0.4, 0.5) is 0 Å². The third-order valence-corrected chi connectivity index (χ3v) is 5.18. The van der Waals surface area contributed by atoms with E-state index in [-0.39, 0.29) is 0 Å². The lowest BCUT2D eigenvalue weighted by atomic mass is 9.84. The van der Waals surface area contributed by atoms with E-state index in [4.69, 9.17) is 0 Å². The van der Waals surface area contributed by atoms with Crippen molar-refractivity contribution in [2.75, 3.05) is 0 Å². The van der Waals surface area contributed by atoms with Crippen molar-refractivity contribution in [3.05, 3.63) is 35.4 Å². The standard InChI is InChI=1S/C17H25N/c1-12-3-5-14(6-4-12)11-18-13(2)17-10-15-7-8-16(17)9-15/h3-6,13,15-18H,7-11H2,1-2H3. The maximum absolute atomic E-state index is 3.75. The monoisotopic (exact) mass is 243 g/mol. The van der Waals surface area contributed by atoms with Gasteiger partial charge in [-0.25, -0.2) is 0 Å². The summed E-state index contributed by atoms with van der Waals surface area (Å²) in [5.41, 5.74) is 2.76. The fraction of sp³-hybridized carbons (Fsp3) is 0.647. The molecule has 4 atom stereocenters. The molecule has 1 aromatic carbocycles. The van der Waals surface area contributed by atoms with E-state index < -0.39 is 0 Å². The van der Waals surface area contributed by atoms with Crippen LogP contribution < -0.4 is 5.32 Å². The molecule has 2 aliphatic rings. The highest BCUT2D eigenvalue weighted by Gasteiger charge is 2.41. The molecule has 0 radical (unpaired) electrons. The lowest BCUT2D eigenvalue weighted by Gasteiger charge is -2.28. The number of aryl methyl sites for hydroxylation is 1. The van der Waals surface area contributed by atoms with E-state index >= 15 is 0 Å². The van der Waals surface area contributed by atoms with Gasteiger partial charge in [0.05, 0.1) is 0 Å². The zero-order valence-corrected chi connectivity index (χ0v) is 11.7. The fourth-order valence-electron chi connectivity index (χ4n) is 4.04. The highest BCUT2D eigenvalue weighted by molar-refractivity contribution is 5.21. The minimum atomic E-state index is 0.682. The average Bonchev–Trinajstić information content (AvgIpc) is 3.00. The Bertz CT molecular complexity index is 395. The first kappa shape index (κ1) is 12.2. The molecule has 18 heavy (non-hydrogen) atoms. The molecule has 0 aliphatic heterocycles. The van der Waals surface area contributed by atoms with Crippen LogP contribution in [0.15, 0.2) is 24.3 Å². The third-order valence-electron chi connectivity index (χ3n) is 5.18. The number of nitrogens with one attached hydrogen (secondary N) is 1. The first-order chi connectivity index (χ1) is 8.72. The number of rotatable bonds is 4. The van der Waals surface area contributed by atoms with Crippen molar-refractivity contribution >= 4 is 0 Å². The molecule has 0 saturated heterocycles. The van der Waals surface area contributed by atoms with Crippen LogP contribution in [-0.2, 0) is 6.54 Å². The quantitative estimate of drug-likeness (QED) is 0.845. The topological polar surface area (TPSA) is 12.0 Å². The maximum atomic E-state index is 3.75. The number of fused-ring (bicyclic) bond motifs is 2. The molecule has 0 amide bonds. The summed E-state index contributed by atoms with van der Waals surface area (Å²) in [5, 5.41) is 3.75.